The zero-order chi connectivity index (χ0) is 42.0. The van der Waals surface area contributed by atoms with E-state index >= 15 is 0 Å². The third-order valence-electron chi connectivity index (χ3n) is 13.5. The standard InChI is InChI=1S/C48H54N4O6S3/c53-46(54)40(28-10-13-49-22-28)19-34-16-37-31(4-1-7-43(37)59-34)25-52(26-32-5-2-8-44-38(32)17-35(60-44)20-41(47(55)56)29-11-14-50-23-29)27-33-6-3-9-45-39(33)18-36(61-45)21-42(48(57)58)30-12-15-51-24-30/h1-9,16-18,28-30,40-42,49-51H,10-15,19-27H2,(H,53,54)(H,55,56)(H,57,58). The van der Waals surface area contributed by atoms with Crippen LogP contribution in [0.3, 0.4) is 0 Å². The Morgan fingerprint density at radius 1 is 0.525 bits per heavy atom. The lowest BCUT2D eigenvalue weighted by molar-refractivity contribution is -0.144. The van der Waals surface area contributed by atoms with E-state index in [1.165, 1.54) is 16.7 Å². The van der Waals surface area contributed by atoms with Crippen LogP contribution in [0.1, 0.15) is 50.6 Å². The van der Waals surface area contributed by atoms with Gasteiger partial charge in [-0.1, -0.05) is 36.4 Å². The van der Waals surface area contributed by atoms with Gasteiger partial charge in [0.05, 0.1) is 17.8 Å². The summed E-state index contributed by atoms with van der Waals surface area (Å²) in [7, 11) is 0. The molecule has 61 heavy (non-hydrogen) atoms. The van der Waals surface area contributed by atoms with Gasteiger partial charge in [0.15, 0.2) is 0 Å². The van der Waals surface area contributed by atoms with E-state index in [-0.39, 0.29) is 17.8 Å². The molecule has 6 unspecified atom stereocenters. The maximum Gasteiger partial charge on any atom is 0.307 e. The summed E-state index contributed by atoms with van der Waals surface area (Å²) in [5.74, 6) is -3.05. The van der Waals surface area contributed by atoms with Gasteiger partial charge in [-0.05, 0) is 165 Å². The number of hydrogen-bond acceptors (Lipinski definition) is 10. The number of rotatable bonds is 18. The molecule has 3 saturated heterocycles. The maximum absolute atomic E-state index is 12.5. The van der Waals surface area contributed by atoms with Gasteiger partial charge in [-0.25, -0.2) is 0 Å². The number of carbonyl (C=O) groups is 3. The molecule has 3 aliphatic heterocycles. The molecule has 3 aliphatic rings. The fourth-order valence-corrected chi connectivity index (χ4v) is 13.7. The molecule has 3 fully saturated rings. The average Bonchev–Trinajstić information content (AvgIpc) is 4.08. The minimum atomic E-state index is -0.725. The number of thiophene rings is 3. The van der Waals surface area contributed by atoms with Crippen LogP contribution in [-0.2, 0) is 53.3 Å². The zero-order valence-corrected chi connectivity index (χ0v) is 36.7. The lowest BCUT2D eigenvalue weighted by Crippen LogP contribution is -2.27. The largest absolute Gasteiger partial charge is 0.481 e. The lowest BCUT2D eigenvalue weighted by atomic mass is 9.88. The highest BCUT2D eigenvalue weighted by Gasteiger charge is 2.34. The van der Waals surface area contributed by atoms with Gasteiger partial charge in [-0.3, -0.25) is 19.3 Å². The predicted octanol–water partition coefficient (Wildman–Crippen LogP) is 8.09. The van der Waals surface area contributed by atoms with Gasteiger partial charge in [0, 0.05) is 48.4 Å². The van der Waals surface area contributed by atoms with Crippen molar-refractivity contribution in [3.05, 3.63) is 104 Å². The molecule has 6 aromatic rings. The molecule has 3 aromatic heterocycles. The van der Waals surface area contributed by atoms with Crippen molar-refractivity contribution in [2.24, 2.45) is 35.5 Å². The second kappa shape index (κ2) is 18.6. The number of carboxylic acid groups (broad SMARTS) is 3. The summed E-state index contributed by atoms with van der Waals surface area (Å²) < 4.78 is 3.48. The number of nitrogens with one attached hydrogen (secondary N) is 3. The van der Waals surface area contributed by atoms with Crippen LogP contribution in [0.2, 0.25) is 0 Å². The third kappa shape index (κ3) is 9.44. The fraction of sp³-hybridized carbons (Fsp3) is 0.438. The molecule has 0 amide bonds. The van der Waals surface area contributed by atoms with Crippen molar-refractivity contribution < 1.29 is 29.7 Å². The molecule has 0 saturated carbocycles. The SMILES string of the molecule is O=C(O)C(Cc1cc2c(CN(Cc3cccc4sc(CC(C(=O)O)C5CCNC5)cc34)Cc3cccc4sc(CC(C(=O)O)C5CCNC5)cc34)cccc2s1)C1CCNC1. The molecule has 0 radical (unpaired) electrons. The van der Waals surface area contributed by atoms with Crippen molar-refractivity contribution in [3.8, 4) is 0 Å². The molecule has 6 heterocycles. The first kappa shape index (κ1) is 42.1. The monoisotopic (exact) mass is 878 g/mol. The van der Waals surface area contributed by atoms with E-state index < -0.39 is 35.7 Å². The summed E-state index contributed by atoms with van der Waals surface area (Å²) in [6.07, 6.45) is 4.22. The predicted molar refractivity (Wildman–Crippen MR) is 246 cm³/mol. The van der Waals surface area contributed by atoms with E-state index in [0.717, 1.165) is 103 Å². The number of hydrogen-bond donors (Lipinski definition) is 6. The minimum absolute atomic E-state index is 0.128. The molecule has 320 valence electrons. The first-order valence-electron chi connectivity index (χ1n) is 21.7. The number of benzene rings is 3. The van der Waals surface area contributed by atoms with E-state index in [2.05, 4.69) is 93.6 Å². The van der Waals surface area contributed by atoms with Crippen molar-refractivity contribution in [1.29, 1.82) is 0 Å². The lowest BCUT2D eigenvalue weighted by Gasteiger charge is -2.24. The van der Waals surface area contributed by atoms with Crippen LogP contribution in [0, 0.1) is 35.5 Å². The minimum Gasteiger partial charge on any atom is -0.481 e. The summed E-state index contributed by atoms with van der Waals surface area (Å²) in [5, 5.41) is 44.2. The highest BCUT2D eigenvalue weighted by atomic mass is 32.1. The molecule has 0 aliphatic carbocycles. The van der Waals surface area contributed by atoms with Crippen molar-refractivity contribution in [3.63, 3.8) is 0 Å². The van der Waals surface area contributed by atoms with Crippen molar-refractivity contribution in [2.75, 3.05) is 39.3 Å². The number of carboxylic acids is 3. The van der Waals surface area contributed by atoms with Crippen LogP contribution < -0.4 is 16.0 Å². The van der Waals surface area contributed by atoms with Crippen molar-refractivity contribution in [2.45, 2.75) is 58.2 Å². The second-order valence-corrected chi connectivity index (χ2v) is 21.0. The van der Waals surface area contributed by atoms with Gasteiger partial charge >= 0.3 is 17.9 Å². The Labute approximate surface area is 368 Å². The Kier molecular flexibility index (Phi) is 12.9. The highest BCUT2D eigenvalue weighted by Crippen LogP contribution is 2.38. The van der Waals surface area contributed by atoms with Crippen LogP contribution in [0.5, 0.6) is 0 Å². The van der Waals surface area contributed by atoms with Crippen LogP contribution in [0.15, 0.2) is 72.8 Å². The topological polar surface area (TPSA) is 151 Å². The van der Waals surface area contributed by atoms with Crippen LogP contribution in [0.25, 0.3) is 30.3 Å². The van der Waals surface area contributed by atoms with E-state index in [9.17, 15) is 29.7 Å². The van der Waals surface area contributed by atoms with E-state index in [0.29, 0.717) is 38.9 Å². The van der Waals surface area contributed by atoms with Crippen LogP contribution in [-0.4, -0.2) is 77.4 Å². The smallest absolute Gasteiger partial charge is 0.307 e. The Balaban J connectivity index is 1.04. The zero-order valence-electron chi connectivity index (χ0n) is 34.2. The average molecular weight is 879 g/mol. The number of fused-ring (bicyclic) bond motifs is 3. The number of aliphatic carboxylic acids is 3. The summed E-state index contributed by atoms with van der Waals surface area (Å²) in [6, 6.07) is 26.0. The van der Waals surface area contributed by atoms with Crippen LogP contribution in [0.4, 0.5) is 0 Å². The highest BCUT2D eigenvalue weighted by molar-refractivity contribution is 7.19. The Morgan fingerprint density at radius 3 is 1.10 bits per heavy atom. The second-order valence-electron chi connectivity index (χ2n) is 17.5. The Bertz CT molecular complexity index is 2250. The molecule has 6 N–H and O–H groups in total. The third-order valence-corrected chi connectivity index (χ3v) is 16.9. The van der Waals surface area contributed by atoms with Gasteiger partial charge in [-0.15, -0.1) is 34.0 Å². The van der Waals surface area contributed by atoms with Gasteiger partial charge in [0.25, 0.3) is 0 Å². The quantitative estimate of drug-likeness (QED) is 0.0500. The summed E-state index contributed by atoms with van der Waals surface area (Å²) in [5.41, 5.74) is 3.57. The van der Waals surface area contributed by atoms with Gasteiger partial charge < -0.3 is 31.3 Å². The van der Waals surface area contributed by atoms with E-state index in [1.54, 1.807) is 34.0 Å². The van der Waals surface area contributed by atoms with Crippen molar-refractivity contribution >= 4 is 82.2 Å². The molecule has 0 bridgehead atoms. The van der Waals surface area contributed by atoms with Gasteiger partial charge in [0.2, 0.25) is 0 Å². The first-order chi connectivity index (χ1) is 29.7. The van der Waals surface area contributed by atoms with Crippen LogP contribution >= 0.6 is 34.0 Å². The summed E-state index contributed by atoms with van der Waals surface area (Å²) >= 11 is 5.10. The molecule has 0 spiro atoms. The first-order valence-corrected chi connectivity index (χ1v) is 24.2. The normalized spacial score (nSPS) is 20.9. The molecule has 6 atom stereocenters. The van der Waals surface area contributed by atoms with Gasteiger partial charge in [-0.2, -0.15) is 0 Å². The molecule has 10 nitrogen and oxygen atoms in total. The van der Waals surface area contributed by atoms with Crippen molar-refractivity contribution in [1.82, 2.24) is 20.9 Å². The molecule has 13 heteroatoms. The molecular formula is C48H54N4O6S3. The fourth-order valence-electron chi connectivity index (χ4n) is 10.2. The Hall–Kier alpha value is -4.21. The molecule has 9 rings (SSSR count). The Morgan fingerprint density at radius 2 is 0.836 bits per heavy atom. The summed E-state index contributed by atoms with van der Waals surface area (Å²) in [4.78, 5) is 43.1. The molecular weight excluding hydrogens is 825 g/mol. The maximum atomic E-state index is 12.5. The van der Waals surface area contributed by atoms with E-state index in [4.69, 9.17) is 0 Å². The van der Waals surface area contributed by atoms with E-state index in [1.807, 2.05) is 0 Å². The molecule has 3 aromatic carbocycles. The number of nitrogens with zero attached hydrogens (tertiary/aromatic N) is 1. The van der Waals surface area contributed by atoms with Gasteiger partial charge in [0.1, 0.15) is 0 Å². The summed E-state index contributed by atoms with van der Waals surface area (Å²) in [6.45, 7) is 6.81.